The molecule has 0 atom stereocenters. The molecule has 144 valence electrons. The Hall–Kier alpha value is -3.47. The van der Waals surface area contributed by atoms with E-state index in [0.717, 1.165) is 10.8 Å². The van der Waals surface area contributed by atoms with E-state index >= 15 is 0 Å². The van der Waals surface area contributed by atoms with Gasteiger partial charge in [-0.2, -0.15) is 0 Å². The SMILES string of the molecule is Cc1cc(O)c(N=Nc2c(O)ccc3ccccc23)c2ccc([N+](=O)[O-])cc12.[Cr]. The van der Waals surface area contributed by atoms with Crippen molar-refractivity contribution in [1.82, 2.24) is 0 Å². The van der Waals surface area contributed by atoms with Gasteiger partial charge in [0.25, 0.3) is 5.69 Å². The molecule has 2 N–H and O–H groups in total. The number of nitro groups is 1. The Morgan fingerprint density at radius 3 is 2.24 bits per heavy atom. The fraction of sp³-hybridized carbons (Fsp3) is 0.0476. The van der Waals surface area contributed by atoms with Crippen LogP contribution in [0.2, 0.25) is 0 Å². The average molecular weight is 425 g/mol. The smallest absolute Gasteiger partial charge is 0.270 e. The number of non-ortho nitro benzene ring substituents is 1. The number of fused-ring (bicyclic) bond motifs is 2. The van der Waals surface area contributed by atoms with Crippen LogP contribution < -0.4 is 0 Å². The number of aryl methyl sites for hydroxylation is 1. The third kappa shape index (κ3) is 3.64. The summed E-state index contributed by atoms with van der Waals surface area (Å²) in [5, 5.41) is 42.8. The molecule has 0 fully saturated rings. The van der Waals surface area contributed by atoms with Crippen molar-refractivity contribution in [3.8, 4) is 11.5 Å². The van der Waals surface area contributed by atoms with Gasteiger partial charge in [-0.25, -0.2) is 0 Å². The summed E-state index contributed by atoms with van der Waals surface area (Å²) in [6.07, 6.45) is 0. The third-order valence-electron chi connectivity index (χ3n) is 4.62. The fourth-order valence-electron chi connectivity index (χ4n) is 3.22. The quantitative estimate of drug-likeness (QED) is 0.237. The Bertz CT molecular complexity index is 1290. The van der Waals surface area contributed by atoms with Gasteiger partial charge in [0.15, 0.2) is 0 Å². The molecule has 0 heterocycles. The molecule has 0 amide bonds. The topological polar surface area (TPSA) is 108 Å². The largest absolute Gasteiger partial charge is 0.506 e. The molecule has 0 aliphatic heterocycles. The first-order chi connectivity index (χ1) is 13.5. The van der Waals surface area contributed by atoms with Crippen molar-refractivity contribution in [3.63, 3.8) is 0 Å². The number of nitrogens with zero attached hydrogens (tertiary/aromatic N) is 3. The summed E-state index contributed by atoms with van der Waals surface area (Å²) in [4.78, 5) is 10.6. The Morgan fingerprint density at radius 2 is 1.52 bits per heavy atom. The number of azo groups is 1. The van der Waals surface area contributed by atoms with Crippen LogP contribution in [0, 0.1) is 17.0 Å². The second-order valence-corrected chi connectivity index (χ2v) is 6.40. The third-order valence-corrected chi connectivity index (χ3v) is 4.62. The van der Waals surface area contributed by atoms with E-state index in [-0.39, 0.29) is 45.9 Å². The van der Waals surface area contributed by atoms with Gasteiger partial charge in [0.2, 0.25) is 0 Å². The van der Waals surface area contributed by atoms with Crippen molar-refractivity contribution in [2.45, 2.75) is 6.92 Å². The zero-order valence-electron chi connectivity index (χ0n) is 15.2. The molecular weight excluding hydrogens is 410 g/mol. The summed E-state index contributed by atoms with van der Waals surface area (Å²) < 4.78 is 0. The number of phenolic OH excluding ortho intramolecular Hbond substituents is 2. The summed E-state index contributed by atoms with van der Waals surface area (Å²) in [5.41, 5.74) is 1.11. The summed E-state index contributed by atoms with van der Waals surface area (Å²) in [6.45, 7) is 1.75. The Labute approximate surface area is 176 Å². The first-order valence-corrected chi connectivity index (χ1v) is 8.49. The van der Waals surface area contributed by atoms with Crippen molar-refractivity contribution in [2.24, 2.45) is 10.2 Å². The maximum Gasteiger partial charge on any atom is 0.270 e. The van der Waals surface area contributed by atoms with Gasteiger partial charge in [0.05, 0.1) is 4.92 Å². The zero-order chi connectivity index (χ0) is 19.8. The van der Waals surface area contributed by atoms with Gasteiger partial charge in [-0.3, -0.25) is 10.1 Å². The predicted octanol–water partition coefficient (Wildman–Crippen LogP) is 6.03. The van der Waals surface area contributed by atoms with Crippen molar-refractivity contribution in [2.75, 3.05) is 0 Å². The molecule has 0 aromatic heterocycles. The molecule has 0 bridgehead atoms. The van der Waals surface area contributed by atoms with E-state index < -0.39 is 4.92 Å². The van der Waals surface area contributed by atoms with Crippen LogP contribution >= 0.6 is 0 Å². The van der Waals surface area contributed by atoms with Crippen LogP contribution in [0.15, 0.2) is 70.9 Å². The molecule has 0 aliphatic rings. The Balaban J connectivity index is 0.00000240. The van der Waals surface area contributed by atoms with E-state index in [2.05, 4.69) is 10.2 Å². The number of phenols is 2. The minimum Gasteiger partial charge on any atom is -0.506 e. The van der Waals surface area contributed by atoms with Gasteiger partial charge in [0.1, 0.15) is 22.9 Å². The molecule has 0 radical (unpaired) electrons. The van der Waals surface area contributed by atoms with Crippen LogP contribution in [-0.2, 0) is 17.4 Å². The first kappa shape index (κ1) is 20.3. The molecule has 29 heavy (non-hydrogen) atoms. The van der Waals surface area contributed by atoms with Crippen LogP contribution in [-0.4, -0.2) is 15.1 Å². The number of nitro benzene ring substituents is 1. The second-order valence-electron chi connectivity index (χ2n) is 6.40. The molecule has 0 aliphatic carbocycles. The number of benzene rings is 4. The van der Waals surface area contributed by atoms with Crippen molar-refractivity contribution >= 4 is 38.6 Å². The molecule has 0 unspecified atom stereocenters. The summed E-state index contributed by atoms with van der Waals surface area (Å²) in [7, 11) is 0. The van der Waals surface area contributed by atoms with Gasteiger partial charge in [-0.15, -0.1) is 10.2 Å². The van der Waals surface area contributed by atoms with E-state index in [1.54, 1.807) is 13.0 Å². The van der Waals surface area contributed by atoms with E-state index in [1.165, 1.54) is 30.3 Å². The zero-order valence-corrected chi connectivity index (χ0v) is 16.5. The molecular formula is C21H15CrN3O4. The number of aromatic hydroxyl groups is 2. The second kappa shape index (κ2) is 7.88. The van der Waals surface area contributed by atoms with Crippen LogP contribution in [0.1, 0.15) is 5.56 Å². The maximum atomic E-state index is 11.1. The van der Waals surface area contributed by atoms with Crippen LogP contribution in [0.25, 0.3) is 21.5 Å². The number of rotatable bonds is 3. The molecule has 0 saturated carbocycles. The first-order valence-electron chi connectivity index (χ1n) is 8.49. The number of hydrogen-bond donors (Lipinski definition) is 2. The van der Waals surface area contributed by atoms with Crippen molar-refractivity contribution in [3.05, 3.63) is 76.3 Å². The van der Waals surface area contributed by atoms with Gasteiger partial charge < -0.3 is 10.2 Å². The summed E-state index contributed by atoms with van der Waals surface area (Å²) in [6, 6.07) is 16.6. The molecule has 8 heteroatoms. The van der Waals surface area contributed by atoms with Crippen molar-refractivity contribution in [1.29, 1.82) is 0 Å². The van der Waals surface area contributed by atoms with E-state index in [4.69, 9.17) is 0 Å². The van der Waals surface area contributed by atoms with Gasteiger partial charge in [-0.1, -0.05) is 30.3 Å². The van der Waals surface area contributed by atoms with E-state index in [1.807, 2.05) is 24.3 Å². The van der Waals surface area contributed by atoms with E-state index in [0.29, 0.717) is 16.3 Å². The van der Waals surface area contributed by atoms with Crippen molar-refractivity contribution < 1.29 is 32.5 Å². The molecule has 4 aromatic carbocycles. The minimum atomic E-state index is -0.471. The van der Waals surface area contributed by atoms with E-state index in [9.17, 15) is 20.3 Å². The number of hydrogen-bond acceptors (Lipinski definition) is 6. The Kier molecular flexibility index (Phi) is 5.51. The Morgan fingerprint density at radius 1 is 0.828 bits per heavy atom. The maximum absolute atomic E-state index is 11.1. The minimum absolute atomic E-state index is 0. The summed E-state index contributed by atoms with van der Waals surface area (Å²) >= 11 is 0. The van der Waals surface area contributed by atoms with Gasteiger partial charge in [0, 0.05) is 40.3 Å². The molecule has 4 aromatic rings. The molecule has 0 saturated heterocycles. The van der Waals surface area contributed by atoms with Crippen LogP contribution in [0.4, 0.5) is 17.1 Å². The van der Waals surface area contributed by atoms with Gasteiger partial charge in [-0.05, 0) is 41.5 Å². The van der Waals surface area contributed by atoms with Crippen LogP contribution in [0.3, 0.4) is 0 Å². The standard InChI is InChI=1S/C21H15N3O4.Cr/c1-12-10-19(26)21(16-8-7-14(24(27)28)11-17(12)16)23-22-20-15-5-3-2-4-13(15)6-9-18(20)25;/h2-11,25-26H,1H3;. The predicted molar refractivity (Wildman–Crippen MR) is 107 cm³/mol. The molecule has 0 spiro atoms. The molecule has 4 rings (SSSR count). The fourth-order valence-corrected chi connectivity index (χ4v) is 3.22. The van der Waals surface area contributed by atoms with Gasteiger partial charge >= 0.3 is 0 Å². The average Bonchev–Trinajstić information content (AvgIpc) is 2.68. The van der Waals surface area contributed by atoms with Crippen LogP contribution in [0.5, 0.6) is 11.5 Å². The summed E-state index contributed by atoms with van der Waals surface area (Å²) in [5.74, 6) is -0.128. The molecule has 7 nitrogen and oxygen atoms in total. The normalized spacial score (nSPS) is 11.1. The monoisotopic (exact) mass is 425 g/mol.